The average molecular weight is 755 g/mol. The lowest BCUT2D eigenvalue weighted by atomic mass is 10.1. The Balaban J connectivity index is 0.000000218. The topological polar surface area (TPSA) is 194 Å². The van der Waals surface area contributed by atoms with Crippen LogP contribution in [0, 0.1) is 0 Å². The normalized spacial score (nSPS) is 16.7. The number of hydrogen-bond acceptors (Lipinski definition) is 11. The van der Waals surface area contributed by atoms with Gasteiger partial charge in [-0.2, -0.15) is 0 Å². The van der Waals surface area contributed by atoms with Gasteiger partial charge in [0.15, 0.2) is 0 Å². The number of para-hydroxylation sites is 2. The molecule has 0 bridgehead atoms. The Hall–Kier alpha value is -6.03. The molecule has 0 radical (unpaired) electrons. The van der Waals surface area contributed by atoms with Crippen molar-refractivity contribution in [3.05, 3.63) is 73.3 Å². The monoisotopic (exact) mass is 754 g/mol. The number of nitrogens with one attached hydrogen (secondary N) is 5. The number of benzene rings is 2. The highest BCUT2D eigenvalue weighted by molar-refractivity contribution is 5.90. The van der Waals surface area contributed by atoms with Crippen molar-refractivity contribution >= 4 is 29.8 Å². The van der Waals surface area contributed by atoms with E-state index in [9.17, 15) is 14.4 Å². The van der Waals surface area contributed by atoms with Crippen LogP contribution in [-0.2, 0) is 4.74 Å². The summed E-state index contributed by atoms with van der Waals surface area (Å²) in [5.74, 6) is 2.22. The number of carbonyl (C=O) groups is 3. The molecule has 2 aromatic carbocycles. The Labute approximate surface area is 321 Å². The third kappa shape index (κ3) is 12.2. The van der Waals surface area contributed by atoms with E-state index in [-0.39, 0.29) is 30.2 Å². The molecule has 5 amide bonds. The number of anilines is 2. The first-order valence-electron chi connectivity index (χ1n) is 18.3. The van der Waals surface area contributed by atoms with Crippen molar-refractivity contribution in [3.63, 3.8) is 0 Å². The van der Waals surface area contributed by atoms with E-state index >= 15 is 0 Å². The van der Waals surface area contributed by atoms with Crippen LogP contribution in [0.15, 0.2) is 73.3 Å². The zero-order valence-corrected chi connectivity index (χ0v) is 31.9. The Kier molecular flexibility index (Phi) is 14.1. The molecule has 2 aromatic heterocycles. The first-order valence-corrected chi connectivity index (χ1v) is 18.3. The molecule has 0 saturated carbocycles. The molecule has 4 heterocycles. The number of aromatic nitrogens is 4. The number of carbonyl (C=O) groups excluding carboxylic acids is 3. The van der Waals surface area contributed by atoms with Crippen LogP contribution in [-0.4, -0.2) is 101 Å². The van der Waals surface area contributed by atoms with Gasteiger partial charge in [0.05, 0.1) is 25.6 Å². The van der Waals surface area contributed by atoms with Crippen LogP contribution in [0.3, 0.4) is 0 Å². The summed E-state index contributed by atoms with van der Waals surface area (Å²) in [4.78, 5) is 55.4. The van der Waals surface area contributed by atoms with Crippen LogP contribution in [0.5, 0.6) is 11.5 Å². The van der Waals surface area contributed by atoms with Gasteiger partial charge < -0.3 is 35.1 Å². The molecule has 16 nitrogen and oxygen atoms in total. The molecule has 2 aliphatic rings. The van der Waals surface area contributed by atoms with Crippen molar-refractivity contribution in [1.82, 2.24) is 40.8 Å². The maximum atomic E-state index is 12.5. The van der Waals surface area contributed by atoms with E-state index < -0.39 is 5.60 Å². The van der Waals surface area contributed by atoms with Crippen molar-refractivity contribution in [2.75, 3.05) is 51.0 Å². The van der Waals surface area contributed by atoms with Crippen LogP contribution < -0.4 is 36.1 Å². The van der Waals surface area contributed by atoms with Gasteiger partial charge in [-0.15, -0.1) is 0 Å². The van der Waals surface area contributed by atoms with E-state index in [1.54, 1.807) is 31.3 Å². The van der Waals surface area contributed by atoms with Crippen molar-refractivity contribution in [3.8, 4) is 34.0 Å². The van der Waals surface area contributed by atoms with Gasteiger partial charge in [-0.3, -0.25) is 10.6 Å². The predicted molar refractivity (Wildman–Crippen MR) is 209 cm³/mol. The molecular formula is C39H50N10O6. The van der Waals surface area contributed by atoms with Crippen LogP contribution in [0.25, 0.3) is 22.5 Å². The van der Waals surface area contributed by atoms with Gasteiger partial charge in [0.25, 0.3) is 0 Å². The average Bonchev–Trinajstić information content (AvgIpc) is 3.18. The van der Waals surface area contributed by atoms with Crippen molar-refractivity contribution in [2.24, 2.45) is 0 Å². The molecule has 16 heteroatoms. The summed E-state index contributed by atoms with van der Waals surface area (Å²) in [5.41, 5.74) is 2.42. The number of likely N-dealkylation sites (tertiary alicyclic amines) is 1. The van der Waals surface area contributed by atoms with E-state index in [2.05, 4.69) is 46.5 Å². The minimum atomic E-state index is -0.555. The molecule has 292 valence electrons. The standard InChI is InChI=1S/C22H29N5O4.C17H21N5O2/c1-22(2,3)31-21(29)27-11-7-8-15(13-27)25-20(28)26-19-12-17(23-14-24-19)16-9-5-6-10-18(16)30-4;1-24-15-7-3-2-6-13(15)14-9-16(20-11-19-14)22-17(23)21-12-5-4-8-18-10-12/h5-6,9-10,12,14-15H,7-8,11,13H2,1-4H3,(H2,23,24,25,26,28);2-3,6-7,9,11-12,18H,4-5,8,10H2,1H3,(H2,19,20,21,22,23). The van der Waals surface area contributed by atoms with Gasteiger partial charge >= 0.3 is 18.2 Å². The molecule has 6 rings (SSSR count). The number of hydrogen-bond donors (Lipinski definition) is 5. The lowest BCUT2D eigenvalue weighted by molar-refractivity contribution is 0.0191. The van der Waals surface area contributed by atoms with Gasteiger partial charge in [-0.05, 0) is 77.3 Å². The third-order valence-electron chi connectivity index (χ3n) is 8.62. The molecule has 4 aromatic rings. The summed E-state index contributed by atoms with van der Waals surface area (Å²) in [5, 5.41) is 14.6. The number of ether oxygens (including phenoxy) is 3. The van der Waals surface area contributed by atoms with E-state index in [1.807, 2.05) is 69.3 Å². The summed E-state index contributed by atoms with van der Waals surface area (Å²) in [6, 6.07) is 17.8. The Morgan fingerprint density at radius 1 is 0.745 bits per heavy atom. The second-order valence-electron chi connectivity index (χ2n) is 14.0. The Bertz CT molecular complexity index is 1900. The number of piperidine rings is 2. The molecule has 2 unspecified atom stereocenters. The molecular weight excluding hydrogens is 704 g/mol. The number of methoxy groups -OCH3 is 2. The maximum absolute atomic E-state index is 12.5. The van der Waals surface area contributed by atoms with Gasteiger partial charge in [0.1, 0.15) is 41.4 Å². The molecule has 2 atom stereocenters. The fraction of sp³-hybridized carbons (Fsp3) is 0.410. The maximum Gasteiger partial charge on any atom is 0.410 e. The quantitative estimate of drug-likeness (QED) is 0.148. The second kappa shape index (κ2) is 19.3. The van der Waals surface area contributed by atoms with Gasteiger partial charge in [-0.1, -0.05) is 24.3 Å². The molecule has 0 aliphatic carbocycles. The van der Waals surface area contributed by atoms with Crippen LogP contribution in [0.4, 0.5) is 26.0 Å². The highest BCUT2D eigenvalue weighted by atomic mass is 16.6. The van der Waals surface area contributed by atoms with Crippen molar-refractivity contribution in [2.45, 2.75) is 64.1 Å². The fourth-order valence-electron chi connectivity index (χ4n) is 6.10. The first kappa shape index (κ1) is 40.2. The third-order valence-corrected chi connectivity index (χ3v) is 8.62. The van der Waals surface area contributed by atoms with Crippen molar-refractivity contribution < 1.29 is 28.6 Å². The molecule has 0 spiro atoms. The SMILES string of the molecule is COc1ccccc1-c1cc(NC(=O)NC2CCCN(C(=O)OC(C)(C)C)C2)ncn1.COc1ccccc1-c1cc(NC(=O)NC2CCCNC2)ncn1. The fourth-order valence-corrected chi connectivity index (χ4v) is 6.10. The molecule has 5 N–H and O–H groups in total. The van der Waals surface area contributed by atoms with E-state index in [4.69, 9.17) is 14.2 Å². The lowest BCUT2D eigenvalue weighted by Gasteiger charge is -2.34. The molecule has 2 fully saturated rings. The Morgan fingerprint density at radius 3 is 1.78 bits per heavy atom. The highest BCUT2D eigenvalue weighted by Gasteiger charge is 2.28. The minimum absolute atomic E-state index is 0.147. The largest absolute Gasteiger partial charge is 0.496 e. The van der Waals surface area contributed by atoms with Gasteiger partial charge in [0, 0.05) is 55.0 Å². The number of urea groups is 2. The van der Waals surface area contributed by atoms with Gasteiger partial charge in [0.2, 0.25) is 0 Å². The van der Waals surface area contributed by atoms with Gasteiger partial charge in [-0.25, -0.2) is 34.3 Å². The zero-order valence-electron chi connectivity index (χ0n) is 31.9. The van der Waals surface area contributed by atoms with E-state index in [1.165, 1.54) is 12.7 Å². The summed E-state index contributed by atoms with van der Waals surface area (Å²) in [6.45, 7) is 8.32. The number of nitrogens with zero attached hydrogens (tertiary/aromatic N) is 5. The molecule has 2 saturated heterocycles. The van der Waals surface area contributed by atoms with E-state index in [0.29, 0.717) is 41.9 Å². The number of amides is 5. The molecule has 55 heavy (non-hydrogen) atoms. The first-order chi connectivity index (χ1) is 26.5. The molecule has 2 aliphatic heterocycles. The lowest BCUT2D eigenvalue weighted by Crippen LogP contribution is -2.51. The highest BCUT2D eigenvalue weighted by Crippen LogP contribution is 2.30. The minimum Gasteiger partial charge on any atom is -0.496 e. The van der Waals surface area contributed by atoms with Crippen LogP contribution in [0.1, 0.15) is 46.5 Å². The summed E-state index contributed by atoms with van der Waals surface area (Å²) >= 11 is 0. The smallest absolute Gasteiger partial charge is 0.410 e. The van der Waals surface area contributed by atoms with Crippen molar-refractivity contribution in [1.29, 1.82) is 0 Å². The number of rotatable bonds is 8. The summed E-state index contributed by atoms with van der Waals surface area (Å²) < 4.78 is 16.2. The van der Waals surface area contributed by atoms with Crippen LogP contribution in [0.2, 0.25) is 0 Å². The predicted octanol–water partition coefficient (Wildman–Crippen LogP) is 5.70. The second-order valence-corrected chi connectivity index (χ2v) is 14.0. The summed E-state index contributed by atoms with van der Waals surface area (Å²) in [6.07, 6.45) is 6.07. The zero-order chi connectivity index (χ0) is 39.2. The van der Waals surface area contributed by atoms with E-state index in [0.717, 1.165) is 55.6 Å². The Morgan fingerprint density at radius 2 is 1.27 bits per heavy atom. The van der Waals surface area contributed by atoms with Crippen LogP contribution >= 0.6 is 0 Å². The summed E-state index contributed by atoms with van der Waals surface area (Å²) in [7, 11) is 3.21.